The Bertz CT molecular complexity index is 4300. The highest BCUT2D eigenvalue weighted by Crippen LogP contribution is 2.44. The maximum Gasteiger partial charge on any atom is 0.238 e. The Hall–Kier alpha value is -9.97. The van der Waals surface area contributed by atoms with Gasteiger partial charge in [0.2, 0.25) is 5.95 Å². The second-order valence-corrected chi connectivity index (χ2v) is 18.8. The Labute approximate surface area is 428 Å². The highest BCUT2D eigenvalue weighted by molar-refractivity contribution is 6.24. The first-order valence-electron chi connectivity index (χ1n) is 25.1. The van der Waals surface area contributed by atoms with Gasteiger partial charge in [-0.05, 0) is 86.5 Å². The molecule has 0 aliphatic heterocycles. The molecular weight excluding hydrogens is 899 g/mol. The summed E-state index contributed by atoms with van der Waals surface area (Å²) in [4.78, 5) is 16.4. The van der Waals surface area contributed by atoms with Crippen molar-refractivity contribution in [3.63, 3.8) is 0 Å². The molecule has 0 radical (unpaired) electrons. The third-order valence-corrected chi connectivity index (χ3v) is 14.4. The van der Waals surface area contributed by atoms with Gasteiger partial charge in [-0.3, -0.25) is 4.57 Å². The van der Waals surface area contributed by atoms with E-state index in [9.17, 15) is 0 Å². The van der Waals surface area contributed by atoms with Crippen LogP contribution >= 0.6 is 0 Å². The minimum absolute atomic E-state index is 0.533. The SMILES string of the molecule is c1ccc(-c2cccc(-c3ccc(-c4ccccc4)c(-n4c5ccccc5c5ccc6c7ccccc7n(-c7nc(-c8cccc(-c9ccccc9)c8)nc(-c8cccc(-c9ccccc9)c8)n7)c6c54)c3)c2)cc1. The van der Waals surface area contributed by atoms with Gasteiger partial charge in [-0.2, -0.15) is 9.97 Å². The number of nitrogens with zero attached hydrogens (tertiary/aromatic N) is 5. The van der Waals surface area contributed by atoms with E-state index in [0.717, 1.165) is 105 Å². The van der Waals surface area contributed by atoms with E-state index in [1.807, 2.05) is 12.1 Å². The smallest absolute Gasteiger partial charge is 0.238 e. The summed E-state index contributed by atoms with van der Waals surface area (Å²) in [5.41, 5.74) is 18.4. The molecule has 0 unspecified atom stereocenters. The normalized spacial score (nSPS) is 11.5. The number of hydrogen-bond donors (Lipinski definition) is 0. The highest BCUT2D eigenvalue weighted by atomic mass is 15.2. The molecule has 74 heavy (non-hydrogen) atoms. The molecule has 0 bridgehead atoms. The highest BCUT2D eigenvalue weighted by Gasteiger charge is 2.25. The van der Waals surface area contributed by atoms with Crippen molar-refractivity contribution in [2.45, 2.75) is 0 Å². The fourth-order valence-corrected chi connectivity index (χ4v) is 10.9. The molecule has 14 aromatic rings. The van der Waals surface area contributed by atoms with E-state index in [0.29, 0.717) is 17.6 Å². The summed E-state index contributed by atoms with van der Waals surface area (Å²) in [5.74, 6) is 1.71. The Balaban J connectivity index is 1.07. The van der Waals surface area contributed by atoms with Crippen molar-refractivity contribution in [2.24, 2.45) is 0 Å². The zero-order chi connectivity index (χ0) is 49.0. The van der Waals surface area contributed by atoms with E-state index in [1.54, 1.807) is 0 Å². The van der Waals surface area contributed by atoms with Crippen LogP contribution in [0.3, 0.4) is 0 Å². The monoisotopic (exact) mass is 943 g/mol. The summed E-state index contributed by atoms with van der Waals surface area (Å²) >= 11 is 0. The molecule has 346 valence electrons. The minimum atomic E-state index is 0.533. The second-order valence-electron chi connectivity index (χ2n) is 18.8. The molecule has 0 fully saturated rings. The Morgan fingerprint density at radius 3 is 1.09 bits per heavy atom. The van der Waals surface area contributed by atoms with Gasteiger partial charge in [-0.15, -0.1) is 0 Å². The molecule has 14 rings (SSSR count). The zero-order valence-corrected chi connectivity index (χ0v) is 40.2. The molecule has 0 saturated carbocycles. The lowest BCUT2D eigenvalue weighted by molar-refractivity contribution is 0.953. The quantitative estimate of drug-likeness (QED) is 0.145. The minimum Gasteiger partial charge on any atom is -0.307 e. The summed E-state index contributed by atoms with van der Waals surface area (Å²) in [6.07, 6.45) is 0. The van der Waals surface area contributed by atoms with Crippen molar-refractivity contribution >= 4 is 43.6 Å². The van der Waals surface area contributed by atoms with Gasteiger partial charge in [0, 0.05) is 38.2 Å². The van der Waals surface area contributed by atoms with Crippen molar-refractivity contribution in [1.82, 2.24) is 24.1 Å². The van der Waals surface area contributed by atoms with E-state index in [1.165, 1.54) is 11.1 Å². The molecule has 0 N–H and O–H groups in total. The van der Waals surface area contributed by atoms with Gasteiger partial charge in [-0.1, -0.05) is 237 Å². The molecule has 0 aliphatic rings. The fourth-order valence-electron chi connectivity index (χ4n) is 10.9. The largest absolute Gasteiger partial charge is 0.307 e. The van der Waals surface area contributed by atoms with Gasteiger partial charge >= 0.3 is 0 Å². The lowest BCUT2D eigenvalue weighted by atomic mass is 9.95. The number of hydrogen-bond acceptors (Lipinski definition) is 3. The summed E-state index contributed by atoms with van der Waals surface area (Å²) in [6, 6.07) is 97.3. The molecule has 5 nitrogen and oxygen atoms in total. The third-order valence-electron chi connectivity index (χ3n) is 14.4. The Kier molecular flexibility index (Phi) is 10.4. The van der Waals surface area contributed by atoms with Crippen LogP contribution in [0.15, 0.2) is 273 Å². The first-order chi connectivity index (χ1) is 36.7. The summed E-state index contributed by atoms with van der Waals surface area (Å²) in [6.45, 7) is 0. The molecule has 3 heterocycles. The van der Waals surface area contributed by atoms with Gasteiger partial charge in [0.25, 0.3) is 0 Å². The van der Waals surface area contributed by atoms with Crippen LogP contribution in [0.1, 0.15) is 0 Å². The summed E-state index contributed by atoms with van der Waals surface area (Å²) in [5, 5.41) is 4.50. The van der Waals surface area contributed by atoms with Gasteiger partial charge in [0.1, 0.15) is 0 Å². The van der Waals surface area contributed by atoms with Gasteiger partial charge in [-0.25, -0.2) is 4.98 Å². The van der Waals surface area contributed by atoms with E-state index in [2.05, 4.69) is 270 Å². The van der Waals surface area contributed by atoms with Gasteiger partial charge in [0.05, 0.1) is 27.8 Å². The molecule has 5 heteroatoms. The molecular formula is C69H45N5. The molecule has 0 aliphatic carbocycles. The van der Waals surface area contributed by atoms with Crippen molar-refractivity contribution in [2.75, 3.05) is 0 Å². The zero-order valence-electron chi connectivity index (χ0n) is 40.2. The van der Waals surface area contributed by atoms with Gasteiger partial charge in [0.15, 0.2) is 11.6 Å². The van der Waals surface area contributed by atoms with Crippen LogP contribution in [0.4, 0.5) is 0 Å². The second kappa shape index (κ2) is 18.0. The van der Waals surface area contributed by atoms with Gasteiger partial charge < -0.3 is 4.57 Å². The average molecular weight is 944 g/mol. The van der Waals surface area contributed by atoms with E-state index in [4.69, 9.17) is 15.0 Å². The number of benzene rings is 11. The Morgan fingerprint density at radius 2 is 0.595 bits per heavy atom. The lowest BCUT2D eigenvalue weighted by Crippen LogP contribution is -2.07. The topological polar surface area (TPSA) is 48.5 Å². The predicted molar refractivity (Wildman–Crippen MR) is 307 cm³/mol. The first-order valence-corrected chi connectivity index (χ1v) is 25.1. The van der Waals surface area contributed by atoms with Crippen molar-refractivity contribution in [3.8, 4) is 90.0 Å². The molecule has 0 atom stereocenters. The first kappa shape index (κ1) is 42.9. The fraction of sp³-hybridized carbons (Fsp3) is 0. The predicted octanol–water partition coefficient (Wildman–Crippen LogP) is 17.7. The van der Waals surface area contributed by atoms with Crippen LogP contribution in [0.25, 0.3) is 134 Å². The maximum atomic E-state index is 5.53. The summed E-state index contributed by atoms with van der Waals surface area (Å²) < 4.78 is 4.78. The molecule has 3 aromatic heterocycles. The van der Waals surface area contributed by atoms with E-state index >= 15 is 0 Å². The van der Waals surface area contributed by atoms with Crippen LogP contribution in [-0.4, -0.2) is 24.1 Å². The number of rotatable bonds is 9. The number of para-hydroxylation sites is 2. The van der Waals surface area contributed by atoms with E-state index in [-0.39, 0.29) is 0 Å². The molecule has 11 aromatic carbocycles. The van der Waals surface area contributed by atoms with Crippen molar-refractivity contribution < 1.29 is 0 Å². The van der Waals surface area contributed by atoms with Crippen LogP contribution in [0, 0.1) is 0 Å². The maximum absolute atomic E-state index is 5.53. The lowest BCUT2D eigenvalue weighted by Gasteiger charge is -2.18. The van der Waals surface area contributed by atoms with Crippen molar-refractivity contribution in [3.05, 3.63) is 273 Å². The Morgan fingerprint density at radius 1 is 0.230 bits per heavy atom. The van der Waals surface area contributed by atoms with Crippen molar-refractivity contribution in [1.29, 1.82) is 0 Å². The summed E-state index contributed by atoms with van der Waals surface area (Å²) in [7, 11) is 0. The van der Waals surface area contributed by atoms with Crippen LogP contribution in [0.2, 0.25) is 0 Å². The molecule has 0 spiro atoms. The molecule has 0 amide bonds. The average Bonchev–Trinajstić information content (AvgIpc) is 4.04. The van der Waals surface area contributed by atoms with Crippen LogP contribution < -0.4 is 0 Å². The van der Waals surface area contributed by atoms with Crippen LogP contribution in [0.5, 0.6) is 0 Å². The van der Waals surface area contributed by atoms with E-state index < -0.39 is 0 Å². The number of fused-ring (bicyclic) bond motifs is 7. The number of aromatic nitrogens is 5. The standard InChI is InChI=1S/C69H45N5/c1-5-20-46(21-6-1)50-28-17-31-53(42-50)54-38-39-57(49-26-11-4-12-27-49)64(45-54)73-62-36-15-13-34-58(62)60-40-41-61-59-35-14-16-37-63(59)74(66(61)65(60)73)69-71-67(55-32-18-29-51(43-55)47-22-7-2-8-23-47)70-68(72-69)56-33-19-30-52(44-56)48-24-9-3-10-25-48/h1-45H. The molecule has 0 saturated heterocycles. The van der Waals surface area contributed by atoms with Crippen LogP contribution in [-0.2, 0) is 0 Å². The third kappa shape index (κ3) is 7.46.